The third-order valence-corrected chi connectivity index (χ3v) is 7.61. The fourth-order valence-corrected chi connectivity index (χ4v) is 6.40. The summed E-state index contributed by atoms with van der Waals surface area (Å²) in [6.45, 7) is 7.17. The number of anilines is 1. The summed E-state index contributed by atoms with van der Waals surface area (Å²) >= 11 is 1.57. The molecule has 0 aliphatic carbocycles. The van der Waals surface area contributed by atoms with Crippen molar-refractivity contribution in [3.8, 4) is 0 Å². The SMILES string of the molecule is C=P(C)(C)CC(C)[C@H]1O[C@@H](n2c(SCCC)nc3c(N)ccnc32)[C@H](O)[C@@H]1O. The van der Waals surface area contributed by atoms with E-state index in [9.17, 15) is 10.2 Å². The number of ether oxygens (including phenoxy) is 1. The van der Waals surface area contributed by atoms with E-state index in [0.717, 1.165) is 18.3 Å². The summed E-state index contributed by atoms with van der Waals surface area (Å²) in [5.41, 5.74) is 7.78. The lowest BCUT2D eigenvalue weighted by molar-refractivity contribution is -0.0527. The van der Waals surface area contributed by atoms with E-state index in [-0.39, 0.29) is 5.92 Å². The van der Waals surface area contributed by atoms with Crippen LogP contribution in [0.5, 0.6) is 0 Å². The Morgan fingerprint density at radius 1 is 1.39 bits per heavy atom. The van der Waals surface area contributed by atoms with Crippen molar-refractivity contribution in [3.05, 3.63) is 12.3 Å². The van der Waals surface area contributed by atoms with Gasteiger partial charge in [0, 0.05) is 11.9 Å². The Morgan fingerprint density at radius 2 is 2.11 bits per heavy atom. The monoisotopic (exact) mass is 426 g/mol. The van der Waals surface area contributed by atoms with Crippen molar-refractivity contribution >= 4 is 41.8 Å². The van der Waals surface area contributed by atoms with Crippen LogP contribution in [0.25, 0.3) is 11.2 Å². The van der Waals surface area contributed by atoms with E-state index in [2.05, 4.69) is 36.5 Å². The van der Waals surface area contributed by atoms with Crippen molar-refractivity contribution in [2.45, 2.75) is 50.0 Å². The van der Waals surface area contributed by atoms with Gasteiger partial charge in [0.15, 0.2) is 17.0 Å². The summed E-state index contributed by atoms with van der Waals surface area (Å²) in [7, 11) is 0. The van der Waals surface area contributed by atoms with Crippen LogP contribution in [0.3, 0.4) is 0 Å². The number of hydrogen-bond acceptors (Lipinski definition) is 7. The van der Waals surface area contributed by atoms with E-state index >= 15 is 0 Å². The summed E-state index contributed by atoms with van der Waals surface area (Å²) in [5.74, 6) is 0.948. The molecule has 0 spiro atoms. The van der Waals surface area contributed by atoms with Crippen molar-refractivity contribution in [1.29, 1.82) is 0 Å². The minimum Gasteiger partial charge on any atom is -0.397 e. The summed E-state index contributed by atoms with van der Waals surface area (Å²) < 4.78 is 8.01. The Balaban J connectivity index is 1.99. The smallest absolute Gasteiger partial charge is 0.172 e. The molecule has 1 unspecified atom stereocenters. The predicted octanol–water partition coefficient (Wildman–Crippen LogP) is 2.48. The largest absolute Gasteiger partial charge is 0.397 e. The number of thioether (sulfide) groups is 1. The second kappa shape index (κ2) is 8.36. The molecular weight excluding hydrogens is 395 g/mol. The molecule has 0 radical (unpaired) electrons. The molecule has 156 valence electrons. The Labute approximate surface area is 170 Å². The molecule has 7 nitrogen and oxygen atoms in total. The Bertz CT molecular complexity index is 883. The minimum atomic E-state index is -1.30. The zero-order chi connectivity index (χ0) is 20.6. The highest BCUT2D eigenvalue weighted by Crippen LogP contribution is 2.43. The van der Waals surface area contributed by atoms with E-state index in [4.69, 9.17) is 10.5 Å². The molecule has 0 bridgehead atoms. The average Bonchev–Trinajstić information content (AvgIpc) is 3.11. The van der Waals surface area contributed by atoms with Crippen LogP contribution < -0.4 is 5.73 Å². The number of hydrogen-bond donors (Lipinski definition) is 3. The maximum atomic E-state index is 10.8. The van der Waals surface area contributed by atoms with Gasteiger partial charge in [0.25, 0.3) is 0 Å². The summed E-state index contributed by atoms with van der Waals surface area (Å²) in [6.07, 6.45) is 4.47. The Hall–Kier alpha value is -1.05. The van der Waals surface area contributed by atoms with Gasteiger partial charge in [-0.05, 0) is 37.9 Å². The molecule has 1 saturated heterocycles. The first-order chi connectivity index (χ1) is 13.1. The van der Waals surface area contributed by atoms with Gasteiger partial charge in [-0.3, -0.25) is 4.57 Å². The van der Waals surface area contributed by atoms with Crippen LogP contribution in [0, 0.1) is 5.92 Å². The van der Waals surface area contributed by atoms with Crippen LogP contribution in [0.1, 0.15) is 26.5 Å². The number of rotatable bonds is 7. The second-order valence-electron chi connectivity index (χ2n) is 8.25. The molecule has 1 fully saturated rings. The summed E-state index contributed by atoms with van der Waals surface area (Å²) in [4.78, 5) is 9.08. The third-order valence-electron chi connectivity index (χ3n) is 4.89. The lowest BCUT2D eigenvalue weighted by Crippen LogP contribution is -2.36. The van der Waals surface area contributed by atoms with Crippen LogP contribution in [-0.2, 0) is 4.74 Å². The van der Waals surface area contributed by atoms with Gasteiger partial charge >= 0.3 is 0 Å². The molecule has 0 aromatic carbocycles. The van der Waals surface area contributed by atoms with Gasteiger partial charge in [-0.25, -0.2) is 9.97 Å². The van der Waals surface area contributed by atoms with Gasteiger partial charge in [0.2, 0.25) is 0 Å². The third kappa shape index (κ3) is 4.26. The molecule has 3 rings (SSSR count). The number of nitrogen functional groups attached to an aromatic ring is 1. The molecule has 3 heterocycles. The van der Waals surface area contributed by atoms with Gasteiger partial charge in [0.05, 0.1) is 11.8 Å². The first kappa shape index (κ1) is 21.7. The number of nitrogens with two attached hydrogens (primary N) is 1. The molecular formula is C19H31N4O3PS. The maximum absolute atomic E-state index is 10.8. The normalized spacial score (nSPS) is 26.8. The number of imidazole rings is 1. The summed E-state index contributed by atoms with van der Waals surface area (Å²) in [5, 5.41) is 22.2. The lowest BCUT2D eigenvalue weighted by atomic mass is 10.0. The van der Waals surface area contributed by atoms with E-state index in [1.165, 1.54) is 0 Å². The molecule has 1 aliphatic heterocycles. The Morgan fingerprint density at radius 3 is 2.75 bits per heavy atom. The highest BCUT2D eigenvalue weighted by Gasteiger charge is 2.47. The molecule has 4 N–H and O–H groups in total. The van der Waals surface area contributed by atoms with Crippen molar-refractivity contribution in [1.82, 2.24) is 14.5 Å². The fraction of sp³-hybridized carbons (Fsp3) is 0.632. The van der Waals surface area contributed by atoms with Crippen LogP contribution >= 0.6 is 18.6 Å². The zero-order valence-corrected chi connectivity index (χ0v) is 18.7. The van der Waals surface area contributed by atoms with Crippen LogP contribution in [-0.4, -0.2) is 74.6 Å². The fourth-order valence-electron chi connectivity index (χ4n) is 3.77. The van der Waals surface area contributed by atoms with Gasteiger partial charge in [-0.15, -0.1) is 13.2 Å². The quantitative estimate of drug-likeness (QED) is 0.461. The lowest BCUT2D eigenvalue weighted by Gasteiger charge is -2.26. The number of aliphatic hydroxyl groups is 2. The molecule has 28 heavy (non-hydrogen) atoms. The maximum Gasteiger partial charge on any atom is 0.172 e. The number of aliphatic hydroxyl groups excluding tert-OH is 2. The number of pyridine rings is 1. The molecule has 5 atom stereocenters. The molecule has 0 amide bonds. The first-order valence-electron chi connectivity index (χ1n) is 9.58. The zero-order valence-electron chi connectivity index (χ0n) is 16.9. The summed E-state index contributed by atoms with van der Waals surface area (Å²) in [6, 6.07) is 1.71. The highest BCUT2D eigenvalue weighted by atomic mass is 32.2. The molecule has 2 aromatic heterocycles. The van der Waals surface area contributed by atoms with Crippen LogP contribution in [0.15, 0.2) is 17.4 Å². The number of nitrogens with zero attached hydrogens (tertiary/aromatic N) is 3. The second-order valence-corrected chi connectivity index (χ2v) is 13.6. The first-order valence-corrected chi connectivity index (χ1v) is 13.6. The van der Waals surface area contributed by atoms with Crippen molar-refractivity contribution in [3.63, 3.8) is 0 Å². The van der Waals surface area contributed by atoms with E-state index in [1.54, 1.807) is 28.6 Å². The number of aromatic nitrogens is 3. The van der Waals surface area contributed by atoms with Crippen molar-refractivity contribution in [2.24, 2.45) is 5.92 Å². The molecule has 2 aromatic rings. The Kier molecular flexibility index (Phi) is 6.47. The molecule has 9 heteroatoms. The van der Waals surface area contributed by atoms with Crippen molar-refractivity contribution in [2.75, 3.05) is 31.0 Å². The van der Waals surface area contributed by atoms with Crippen LogP contribution in [0.4, 0.5) is 5.69 Å². The molecule has 0 saturated carbocycles. The minimum absolute atomic E-state index is 0.0787. The van der Waals surface area contributed by atoms with Gasteiger partial charge in [-0.1, -0.05) is 25.6 Å². The van der Waals surface area contributed by atoms with E-state index in [0.29, 0.717) is 22.0 Å². The van der Waals surface area contributed by atoms with Crippen molar-refractivity contribution < 1.29 is 14.9 Å². The topological polar surface area (TPSA) is 106 Å². The highest BCUT2D eigenvalue weighted by molar-refractivity contribution is 7.99. The van der Waals surface area contributed by atoms with Gasteiger partial charge in [-0.2, -0.15) is 0 Å². The van der Waals surface area contributed by atoms with Crippen LogP contribution in [0.2, 0.25) is 0 Å². The van der Waals surface area contributed by atoms with E-state index in [1.807, 2.05) is 6.92 Å². The van der Waals surface area contributed by atoms with Gasteiger partial charge < -0.3 is 20.7 Å². The standard InChI is InChI=1S/C19H31N4O3PS/c1-6-9-28-19-22-13-12(20)7-8-21-17(13)23(19)18-15(25)14(24)16(26-18)11(2)10-27(3,4)5/h7-8,11,14-16,18,24-25H,3,6,9-10H2,1-2,4-5H3,(H2,20,21)/t11?,14-,15+,16+,18+/m0/s1. The van der Waals surface area contributed by atoms with E-state index < -0.39 is 31.4 Å². The average molecular weight is 427 g/mol. The number of fused-ring (bicyclic) bond motifs is 1. The predicted molar refractivity (Wildman–Crippen MR) is 119 cm³/mol. The van der Waals surface area contributed by atoms with Gasteiger partial charge in [0.1, 0.15) is 17.7 Å². The molecule has 1 aliphatic rings.